The van der Waals surface area contributed by atoms with Gasteiger partial charge in [-0.05, 0) is 49.6 Å². The van der Waals surface area contributed by atoms with Crippen LogP contribution in [-0.2, 0) is 4.79 Å². The minimum Gasteiger partial charge on any atom is -0.496 e. The van der Waals surface area contributed by atoms with Crippen molar-refractivity contribution in [1.82, 2.24) is 4.90 Å². The summed E-state index contributed by atoms with van der Waals surface area (Å²) in [6, 6.07) is 12.5. The van der Waals surface area contributed by atoms with E-state index >= 15 is 0 Å². The molecule has 2 amide bonds. The zero-order valence-corrected chi connectivity index (χ0v) is 15.6. The number of ether oxygens (including phenoxy) is 1. The Bertz CT molecular complexity index is 896. The summed E-state index contributed by atoms with van der Waals surface area (Å²) in [6.07, 6.45) is 2.01. The Labute approximate surface area is 162 Å². The maximum absolute atomic E-state index is 12.9. The summed E-state index contributed by atoms with van der Waals surface area (Å²) in [6.45, 7) is 0.410. The predicted molar refractivity (Wildman–Crippen MR) is 104 cm³/mol. The smallest absolute Gasteiger partial charge is 0.326 e. The standard InChI is InChI=1S/C21H22N2O5/c1-28-18-11-3-2-9-16(18)19(24)22-15-8-6-7-14(13-15)20(25)23-12-5-4-10-17(23)21(26)27/h2-3,6-9,11,13,17H,4-5,10,12H2,1H3,(H,22,24)(H,26,27). The number of hydrogen-bond donors (Lipinski definition) is 2. The quantitative estimate of drug-likeness (QED) is 0.829. The lowest BCUT2D eigenvalue weighted by Gasteiger charge is -2.33. The summed E-state index contributed by atoms with van der Waals surface area (Å²) in [5.41, 5.74) is 1.17. The van der Waals surface area contributed by atoms with E-state index in [1.807, 2.05) is 0 Å². The number of carboxylic acid groups (broad SMARTS) is 1. The monoisotopic (exact) mass is 382 g/mol. The maximum atomic E-state index is 12.9. The van der Waals surface area contributed by atoms with Gasteiger partial charge in [0.25, 0.3) is 11.8 Å². The molecule has 1 atom stereocenters. The van der Waals surface area contributed by atoms with Crippen LogP contribution < -0.4 is 10.1 Å². The highest BCUT2D eigenvalue weighted by Gasteiger charge is 2.32. The molecule has 2 aromatic rings. The fraction of sp³-hybridized carbons (Fsp3) is 0.286. The molecule has 1 unspecified atom stereocenters. The Balaban J connectivity index is 1.79. The molecule has 7 nitrogen and oxygen atoms in total. The number of piperidine rings is 1. The van der Waals surface area contributed by atoms with Crippen LogP contribution in [0.4, 0.5) is 5.69 Å². The van der Waals surface area contributed by atoms with Crippen molar-refractivity contribution >= 4 is 23.5 Å². The molecule has 1 aliphatic heterocycles. The molecule has 1 saturated heterocycles. The Morgan fingerprint density at radius 3 is 2.64 bits per heavy atom. The number of methoxy groups -OCH3 is 1. The molecule has 0 radical (unpaired) electrons. The molecular weight excluding hydrogens is 360 g/mol. The molecule has 0 bridgehead atoms. The number of carbonyl (C=O) groups is 3. The summed E-state index contributed by atoms with van der Waals surface area (Å²) in [5.74, 6) is -1.25. The van der Waals surface area contributed by atoms with E-state index in [0.29, 0.717) is 35.5 Å². The van der Waals surface area contributed by atoms with Crippen molar-refractivity contribution < 1.29 is 24.2 Å². The topological polar surface area (TPSA) is 95.9 Å². The first-order valence-corrected chi connectivity index (χ1v) is 9.09. The fourth-order valence-corrected chi connectivity index (χ4v) is 3.36. The van der Waals surface area contributed by atoms with E-state index in [4.69, 9.17) is 4.74 Å². The molecule has 2 N–H and O–H groups in total. The highest BCUT2D eigenvalue weighted by atomic mass is 16.5. The first-order chi connectivity index (χ1) is 13.5. The van der Waals surface area contributed by atoms with Gasteiger partial charge in [0.15, 0.2) is 0 Å². The fourth-order valence-electron chi connectivity index (χ4n) is 3.36. The number of aliphatic carboxylic acids is 1. The van der Waals surface area contributed by atoms with Crippen LogP contribution in [0.3, 0.4) is 0 Å². The van der Waals surface area contributed by atoms with Gasteiger partial charge in [-0.3, -0.25) is 9.59 Å². The predicted octanol–water partition coefficient (Wildman–Crippen LogP) is 3.03. The van der Waals surface area contributed by atoms with Crippen molar-refractivity contribution in [3.8, 4) is 5.75 Å². The molecule has 1 heterocycles. The van der Waals surface area contributed by atoms with Crippen LogP contribution in [0, 0.1) is 0 Å². The molecule has 0 aromatic heterocycles. The molecule has 0 aliphatic carbocycles. The van der Waals surface area contributed by atoms with Crippen LogP contribution in [0.15, 0.2) is 48.5 Å². The van der Waals surface area contributed by atoms with E-state index < -0.39 is 12.0 Å². The van der Waals surface area contributed by atoms with E-state index in [0.717, 1.165) is 12.8 Å². The summed E-state index contributed by atoms with van der Waals surface area (Å²) < 4.78 is 5.20. The first kappa shape index (κ1) is 19.4. The number of amides is 2. The third-order valence-corrected chi connectivity index (χ3v) is 4.77. The van der Waals surface area contributed by atoms with Gasteiger partial charge in [0.05, 0.1) is 12.7 Å². The molecule has 0 spiro atoms. The van der Waals surface area contributed by atoms with Gasteiger partial charge in [0.1, 0.15) is 11.8 Å². The number of nitrogens with zero attached hydrogens (tertiary/aromatic N) is 1. The van der Waals surface area contributed by atoms with Crippen molar-refractivity contribution in [2.45, 2.75) is 25.3 Å². The second-order valence-corrected chi connectivity index (χ2v) is 6.58. The summed E-state index contributed by atoms with van der Waals surface area (Å²) in [7, 11) is 1.49. The Hall–Kier alpha value is -3.35. The number of anilines is 1. The van der Waals surface area contributed by atoms with E-state index in [9.17, 15) is 19.5 Å². The van der Waals surface area contributed by atoms with Crippen molar-refractivity contribution in [2.75, 3.05) is 19.0 Å². The van der Waals surface area contributed by atoms with Crippen LogP contribution in [-0.4, -0.2) is 47.5 Å². The molecular formula is C21H22N2O5. The third kappa shape index (κ3) is 4.14. The van der Waals surface area contributed by atoms with Crippen LogP contribution in [0.5, 0.6) is 5.75 Å². The van der Waals surface area contributed by atoms with Crippen molar-refractivity contribution in [2.24, 2.45) is 0 Å². The van der Waals surface area contributed by atoms with Gasteiger partial charge in [-0.2, -0.15) is 0 Å². The van der Waals surface area contributed by atoms with Crippen LogP contribution in [0.25, 0.3) is 0 Å². The Morgan fingerprint density at radius 2 is 1.89 bits per heavy atom. The van der Waals surface area contributed by atoms with Gasteiger partial charge in [-0.1, -0.05) is 18.2 Å². The Morgan fingerprint density at radius 1 is 1.11 bits per heavy atom. The zero-order chi connectivity index (χ0) is 20.1. The minimum absolute atomic E-state index is 0.339. The number of benzene rings is 2. The number of nitrogens with one attached hydrogen (secondary N) is 1. The number of hydrogen-bond acceptors (Lipinski definition) is 4. The molecule has 3 rings (SSSR count). The maximum Gasteiger partial charge on any atom is 0.326 e. The number of rotatable bonds is 5. The SMILES string of the molecule is COc1ccccc1C(=O)Nc1cccc(C(=O)N2CCCCC2C(=O)O)c1. The number of carbonyl (C=O) groups excluding carboxylic acids is 2. The van der Waals surface area contributed by atoms with Gasteiger partial charge in [0.2, 0.25) is 0 Å². The number of carboxylic acids is 1. The van der Waals surface area contributed by atoms with Crippen molar-refractivity contribution in [1.29, 1.82) is 0 Å². The third-order valence-electron chi connectivity index (χ3n) is 4.77. The van der Waals surface area contributed by atoms with Crippen LogP contribution in [0.1, 0.15) is 40.0 Å². The second kappa shape index (κ2) is 8.56. The first-order valence-electron chi connectivity index (χ1n) is 9.09. The molecule has 0 saturated carbocycles. The van der Waals surface area contributed by atoms with Crippen molar-refractivity contribution in [3.63, 3.8) is 0 Å². The summed E-state index contributed by atoms with van der Waals surface area (Å²) in [4.78, 5) is 38.3. The molecule has 28 heavy (non-hydrogen) atoms. The minimum atomic E-state index is -0.992. The summed E-state index contributed by atoms with van der Waals surface area (Å²) >= 11 is 0. The molecule has 7 heteroatoms. The van der Waals surface area contributed by atoms with E-state index in [2.05, 4.69) is 5.32 Å². The molecule has 1 aliphatic rings. The average molecular weight is 382 g/mol. The largest absolute Gasteiger partial charge is 0.496 e. The van der Waals surface area contributed by atoms with E-state index in [1.54, 1.807) is 48.5 Å². The lowest BCUT2D eigenvalue weighted by molar-refractivity contribution is -0.143. The van der Waals surface area contributed by atoms with Crippen LogP contribution in [0.2, 0.25) is 0 Å². The van der Waals surface area contributed by atoms with Crippen LogP contribution >= 0.6 is 0 Å². The lowest BCUT2D eigenvalue weighted by Crippen LogP contribution is -2.48. The molecule has 1 fully saturated rings. The van der Waals surface area contributed by atoms with Gasteiger partial charge in [-0.25, -0.2) is 4.79 Å². The molecule has 146 valence electrons. The number of likely N-dealkylation sites (tertiary alicyclic amines) is 1. The van der Waals surface area contributed by atoms with Gasteiger partial charge >= 0.3 is 5.97 Å². The van der Waals surface area contributed by atoms with E-state index in [-0.39, 0.29) is 11.8 Å². The Kier molecular flexibility index (Phi) is 5.93. The van der Waals surface area contributed by atoms with Gasteiger partial charge in [-0.15, -0.1) is 0 Å². The van der Waals surface area contributed by atoms with Gasteiger partial charge < -0.3 is 20.1 Å². The normalized spacial score (nSPS) is 16.3. The highest BCUT2D eigenvalue weighted by Crippen LogP contribution is 2.23. The average Bonchev–Trinajstić information content (AvgIpc) is 2.73. The second-order valence-electron chi connectivity index (χ2n) is 6.58. The number of para-hydroxylation sites is 1. The van der Waals surface area contributed by atoms with E-state index in [1.165, 1.54) is 12.0 Å². The van der Waals surface area contributed by atoms with Crippen molar-refractivity contribution in [3.05, 3.63) is 59.7 Å². The lowest BCUT2D eigenvalue weighted by atomic mass is 10.0. The summed E-state index contributed by atoms with van der Waals surface area (Å²) in [5, 5.41) is 12.1. The molecule has 2 aromatic carbocycles. The zero-order valence-electron chi connectivity index (χ0n) is 15.6. The highest BCUT2D eigenvalue weighted by molar-refractivity contribution is 6.07. The van der Waals surface area contributed by atoms with Gasteiger partial charge in [0, 0.05) is 17.8 Å².